The van der Waals surface area contributed by atoms with E-state index in [4.69, 9.17) is 21.1 Å². The largest absolute Gasteiger partial charge is 0.508 e. The lowest BCUT2D eigenvalue weighted by Crippen LogP contribution is -2.58. The molecule has 4 saturated heterocycles. The van der Waals surface area contributed by atoms with E-state index in [1.165, 1.54) is 24.3 Å². The number of nitrogens with zero attached hydrogens (tertiary/aromatic N) is 4. The first-order valence-electron chi connectivity index (χ1n) is 16.3. The molecule has 46 heavy (non-hydrogen) atoms. The van der Waals surface area contributed by atoms with Gasteiger partial charge in [-0.3, -0.25) is 4.90 Å². The molecule has 9 rings (SSSR count). The number of hydrogen-bond donors (Lipinski definition) is 2. The minimum Gasteiger partial charge on any atom is -0.508 e. The summed E-state index contributed by atoms with van der Waals surface area (Å²) in [7, 11) is 0. The standard InChI is InChI=1S/C36H34F3N5O2/c1-2-24-27(38)7-4-19-12-23(45)14-25(30(19)24)26-13-20-5-9-29-28-8-6-22(40-28)17-44(29)34-31(20)33(32(26)39)41-35(42-34)46-18-36-10-3-11-43(36)16-21(37)15-36/h1,4,7,12-14,21-22,28-29,40,45H,3,5-6,8-11,15-18H2/t21-,22-,28+,29-,36+/m1/s1. The number of fused-ring (bicyclic) bond motifs is 7. The number of piperazine rings is 1. The molecule has 0 aliphatic carbocycles. The highest BCUT2D eigenvalue weighted by atomic mass is 19.1. The number of aryl methyl sites for hydroxylation is 1. The summed E-state index contributed by atoms with van der Waals surface area (Å²) in [5, 5.41) is 16.0. The van der Waals surface area contributed by atoms with Crippen molar-refractivity contribution in [2.75, 3.05) is 31.1 Å². The molecule has 6 heterocycles. The molecule has 236 valence electrons. The van der Waals surface area contributed by atoms with Gasteiger partial charge in [0.25, 0.3) is 0 Å². The van der Waals surface area contributed by atoms with Gasteiger partial charge >= 0.3 is 6.01 Å². The van der Waals surface area contributed by atoms with Crippen LogP contribution >= 0.6 is 0 Å². The van der Waals surface area contributed by atoms with Gasteiger partial charge in [-0.15, -0.1) is 6.42 Å². The van der Waals surface area contributed by atoms with E-state index >= 15 is 4.39 Å². The second-order valence-electron chi connectivity index (χ2n) is 13.8. The highest BCUT2D eigenvalue weighted by Crippen LogP contribution is 2.46. The Hall–Kier alpha value is -4.07. The van der Waals surface area contributed by atoms with Crippen molar-refractivity contribution >= 4 is 27.5 Å². The van der Waals surface area contributed by atoms with Gasteiger partial charge in [0.15, 0.2) is 5.82 Å². The van der Waals surface area contributed by atoms with Crippen LogP contribution in [-0.4, -0.2) is 76.1 Å². The van der Waals surface area contributed by atoms with Crippen LogP contribution in [-0.2, 0) is 6.42 Å². The smallest absolute Gasteiger partial charge is 0.319 e. The van der Waals surface area contributed by atoms with Crippen LogP contribution in [0.4, 0.5) is 19.0 Å². The van der Waals surface area contributed by atoms with E-state index in [-0.39, 0.29) is 41.1 Å². The normalized spacial score (nSPS) is 28.3. The van der Waals surface area contributed by atoms with Gasteiger partial charge in [-0.2, -0.15) is 9.97 Å². The lowest BCUT2D eigenvalue weighted by atomic mass is 9.90. The molecule has 5 aliphatic rings. The predicted octanol–water partition coefficient (Wildman–Crippen LogP) is 5.63. The monoisotopic (exact) mass is 625 g/mol. The molecule has 2 bridgehead atoms. The third-order valence-corrected chi connectivity index (χ3v) is 11.2. The van der Waals surface area contributed by atoms with Crippen LogP contribution < -0.4 is 15.0 Å². The third kappa shape index (κ3) is 4.14. The van der Waals surface area contributed by atoms with Gasteiger partial charge in [0.05, 0.1) is 11.1 Å². The van der Waals surface area contributed by atoms with Gasteiger partial charge in [-0.1, -0.05) is 12.0 Å². The molecule has 10 heteroatoms. The topological polar surface area (TPSA) is 73.8 Å². The SMILES string of the molecule is C#Cc1c(F)ccc2cc(O)cc(-c3cc4c5c(nc(OC[C@@]67CCCN6C[C@H](F)C7)nc5c3F)N3C[C@H]5CC[C@H](N5)[C@H]3CC4)c12. The van der Waals surface area contributed by atoms with Gasteiger partial charge in [-0.05, 0) is 85.8 Å². The molecular formula is C36H34F3N5O2. The Bertz CT molecular complexity index is 1980. The molecule has 0 amide bonds. The number of phenolic OH excluding ortho intramolecular Hbond substituents is 1. The summed E-state index contributed by atoms with van der Waals surface area (Å²) in [6, 6.07) is 8.37. The Morgan fingerprint density at radius 3 is 2.85 bits per heavy atom. The lowest BCUT2D eigenvalue weighted by Gasteiger charge is -2.41. The number of hydrogen-bond acceptors (Lipinski definition) is 7. The van der Waals surface area contributed by atoms with E-state index in [1.54, 1.807) is 6.07 Å². The van der Waals surface area contributed by atoms with Gasteiger partial charge in [0, 0.05) is 54.0 Å². The fourth-order valence-electron chi connectivity index (χ4n) is 9.20. The molecule has 0 radical (unpaired) electrons. The quantitative estimate of drug-likeness (QED) is 0.285. The first-order valence-corrected chi connectivity index (χ1v) is 16.3. The molecule has 7 nitrogen and oxygen atoms in total. The van der Waals surface area contributed by atoms with Crippen LogP contribution in [0.3, 0.4) is 0 Å². The van der Waals surface area contributed by atoms with Crippen molar-refractivity contribution in [1.29, 1.82) is 0 Å². The van der Waals surface area contributed by atoms with Crippen LogP contribution in [0.25, 0.3) is 32.8 Å². The summed E-state index contributed by atoms with van der Waals surface area (Å²) >= 11 is 0. The Morgan fingerprint density at radius 2 is 1.98 bits per heavy atom. The number of aromatic nitrogens is 2. The number of anilines is 1. The number of nitrogens with one attached hydrogen (secondary N) is 1. The minimum absolute atomic E-state index is 0.00703. The van der Waals surface area contributed by atoms with Gasteiger partial charge < -0.3 is 20.1 Å². The van der Waals surface area contributed by atoms with E-state index < -0.39 is 23.3 Å². The Labute approximate surface area is 264 Å². The van der Waals surface area contributed by atoms with E-state index in [0.717, 1.165) is 50.8 Å². The summed E-state index contributed by atoms with van der Waals surface area (Å²) < 4.78 is 53.0. The predicted molar refractivity (Wildman–Crippen MR) is 170 cm³/mol. The van der Waals surface area contributed by atoms with E-state index in [0.29, 0.717) is 59.0 Å². The molecule has 4 aromatic rings. The zero-order chi connectivity index (χ0) is 31.3. The molecule has 4 fully saturated rings. The average molecular weight is 626 g/mol. The molecule has 1 aromatic heterocycles. The van der Waals surface area contributed by atoms with E-state index in [1.807, 2.05) is 0 Å². The van der Waals surface area contributed by atoms with Crippen LogP contribution in [0.5, 0.6) is 11.8 Å². The number of phenols is 1. The van der Waals surface area contributed by atoms with Crippen molar-refractivity contribution in [2.24, 2.45) is 0 Å². The fourth-order valence-corrected chi connectivity index (χ4v) is 9.20. The van der Waals surface area contributed by atoms with Crippen LogP contribution in [0.15, 0.2) is 30.3 Å². The minimum atomic E-state index is -0.902. The second-order valence-corrected chi connectivity index (χ2v) is 13.8. The molecule has 5 aliphatic heterocycles. The van der Waals surface area contributed by atoms with Crippen molar-refractivity contribution in [3.8, 4) is 35.2 Å². The van der Waals surface area contributed by atoms with Gasteiger partial charge in [0.1, 0.15) is 35.7 Å². The zero-order valence-electron chi connectivity index (χ0n) is 25.3. The molecule has 0 unspecified atom stereocenters. The summed E-state index contributed by atoms with van der Waals surface area (Å²) in [6.45, 7) is 2.21. The van der Waals surface area contributed by atoms with Crippen LogP contribution in [0.1, 0.15) is 49.7 Å². The number of rotatable bonds is 4. The lowest BCUT2D eigenvalue weighted by molar-refractivity contribution is 0.107. The summed E-state index contributed by atoms with van der Waals surface area (Å²) in [5.41, 5.74) is 1.06. The second kappa shape index (κ2) is 10.2. The maximum Gasteiger partial charge on any atom is 0.319 e. The highest BCUT2D eigenvalue weighted by Gasteiger charge is 2.49. The fraction of sp³-hybridized carbons (Fsp3) is 0.444. The molecule has 0 spiro atoms. The van der Waals surface area contributed by atoms with Gasteiger partial charge in [-0.25, -0.2) is 13.2 Å². The number of alkyl halides is 1. The molecule has 2 N–H and O–H groups in total. The summed E-state index contributed by atoms with van der Waals surface area (Å²) in [4.78, 5) is 14.2. The number of terminal acetylenes is 1. The Kier molecular flexibility index (Phi) is 6.26. The molecule has 3 aromatic carbocycles. The molecule has 5 atom stereocenters. The van der Waals surface area contributed by atoms with Crippen LogP contribution in [0, 0.1) is 24.0 Å². The molecule has 0 saturated carbocycles. The zero-order valence-corrected chi connectivity index (χ0v) is 25.3. The van der Waals surface area contributed by atoms with Crippen molar-refractivity contribution in [2.45, 2.75) is 74.8 Å². The highest BCUT2D eigenvalue weighted by molar-refractivity contribution is 6.05. The first-order chi connectivity index (χ1) is 22.3. The van der Waals surface area contributed by atoms with Gasteiger partial charge in [0.2, 0.25) is 0 Å². The number of halogens is 3. The van der Waals surface area contributed by atoms with Crippen molar-refractivity contribution in [1.82, 2.24) is 20.2 Å². The van der Waals surface area contributed by atoms with Crippen molar-refractivity contribution in [3.05, 3.63) is 53.1 Å². The third-order valence-electron chi connectivity index (χ3n) is 11.2. The maximum atomic E-state index is 17.1. The van der Waals surface area contributed by atoms with E-state index in [9.17, 15) is 13.9 Å². The average Bonchev–Trinajstić information content (AvgIpc) is 3.68. The van der Waals surface area contributed by atoms with Crippen molar-refractivity contribution < 1.29 is 23.0 Å². The maximum absolute atomic E-state index is 17.1. The molecular weight excluding hydrogens is 591 g/mol. The van der Waals surface area contributed by atoms with E-state index in [2.05, 4.69) is 21.0 Å². The number of ether oxygens (including phenoxy) is 1. The Morgan fingerprint density at radius 1 is 1.09 bits per heavy atom. The van der Waals surface area contributed by atoms with Crippen molar-refractivity contribution in [3.63, 3.8) is 0 Å². The summed E-state index contributed by atoms with van der Waals surface area (Å²) in [5.74, 6) is 1.80. The number of aromatic hydroxyl groups is 1. The first kappa shape index (κ1) is 28.2. The number of benzene rings is 3. The summed E-state index contributed by atoms with van der Waals surface area (Å²) in [6.07, 6.45) is 10.7. The Balaban J connectivity index is 1.25. The van der Waals surface area contributed by atoms with Crippen LogP contribution in [0.2, 0.25) is 0 Å².